The van der Waals surface area contributed by atoms with Crippen LogP contribution in [0.25, 0.3) is 10.6 Å². The normalized spacial score (nSPS) is 14.6. The molecule has 3 nitrogen and oxygen atoms in total. The molecule has 1 aromatic carbocycles. The molecule has 20 heavy (non-hydrogen) atoms. The van der Waals surface area contributed by atoms with Crippen molar-refractivity contribution in [3.8, 4) is 16.3 Å². The third kappa shape index (κ3) is 2.86. The van der Waals surface area contributed by atoms with Gasteiger partial charge in [-0.05, 0) is 50.5 Å². The highest BCUT2D eigenvalue weighted by Gasteiger charge is 2.21. The first-order valence-corrected chi connectivity index (χ1v) is 7.83. The first-order valence-electron chi connectivity index (χ1n) is 7.02. The van der Waals surface area contributed by atoms with Crippen molar-refractivity contribution in [2.75, 3.05) is 7.11 Å². The van der Waals surface area contributed by atoms with E-state index >= 15 is 0 Å². The van der Waals surface area contributed by atoms with Gasteiger partial charge < -0.3 is 10.1 Å². The molecule has 1 saturated carbocycles. The van der Waals surface area contributed by atoms with Crippen molar-refractivity contribution in [1.82, 2.24) is 10.3 Å². The second-order valence-electron chi connectivity index (χ2n) is 5.37. The average molecular weight is 288 g/mol. The molecule has 1 N–H and O–H groups in total. The molecule has 0 aliphatic heterocycles. The largest absolute Gasteiger partial charge is 0.496 e. The van der Waals surface area contributed by atoms with Crippen LogP contribution in [0.15, 0.2) is 18.2 Å². The Morgan fingerprint density at radius 3 is 2.80 bits per heavy atom. The van der Waals surface area contributed by atoms with Crippen LogP contribution in [0.4, 0.5) is 0 Å². The fraction of sp³-hybridized carbons (Fsp3) is 0.438. The maximum Gasteiger partial charge on any atom is 0.123 e. The minimum Gasteiger partial charge on any atom is -0.496 e. The van der Waals surface area contributed by atoms with Gasteiger partial charge in [0.05, 0.1) is 12.8 Å². The van der Waals surface area contributed by atoms with Crippen LogP contribution >= 0.6 is 11.3 Å². The summed E-state index contributed by atoms with van der Waals surface area (Å²) >= 11 is 1.79. The molecule has 0 bridgehead atoms. The van der Waals surface area contributed by atoms with E-state index in [1.165, 1.54) is 23.3 Å². The van der Waals surface area contributed by atoms with Crippen molar-refractivity contribution in [3.63, 3.8) is 0 Å². The molecular weight excluding hydrogens is 268 g/mol. The van der Waals surface area contributed by atoms with Crippen LogP contribution in [0, 0.1) is 13.8 Å². The Labute approximate surface area is 124 Å². The van der Waals surface area contributed by atoms with Gasteiger partial charge in [-0.3, -0.25) is 0 Å². The summed E-state index contributed by atoms with van der Waals surface area (Å²) in [5.41, 5.74) is 3.47. The monoisotopic (exact) mass is 288 g/mol. The van der Waals surface area contributed by atoms with Gasteiger partial charge in [0.2, 0.25) is 0 Å². The molecule has 1 aromatic heterocycles. The highest BCUT2D eigenvalue weighted by atomic mass is 32.1. The Morgan fingerprint density at radius 1 is 1.35 bits per heavy atom. The van der Waals surface area contributed by atoms with Gasteiger partial charge in [-0.2, -0.15) is 0 Å². The van der Waals surface area contributed by atoms with E-state index in [-0.39, 0.29) is 0 Å². The summed E-state index contributed by atoms with van der Waals surface area (Å²) in [4.78, 5) is 6.06. The lowest BCUT2D eigenvalue weighted by Gasteiger charge is -2.05. The van der Waals surface area contributed by atoms with E-state index in [0.29, 0.717) is 0 Å². The van der Waals surface area contributed by atoms with Crippen molar-refractivity contribution in [3.05, 3.63) is 34.3 Å². The summed E-state index contributed by atoms with van der Waals surface area (Å²) in [6.45, 7) is 5.11. The summed E-state index contributed by atoms with van der Waals surface area (Å²) in [5, 5.41) is 4.66. The molecule has 1 fully saturated rings. The predicted molar refractivity (Wildman–Crippen MR) is 83.4 cm³/mol. The zero-order valence-corrected chi connectivity index (χ0v) is 13.0. The number of nitrogens with zero attached hydrogens (tertiary/aromatic N) is 1. The van der Waals surface area contributed by atoms with Crippen LogP contribution in [-0.4, -0.2) is 18.1 Å². The summed E-state index contributed by atoms with van der Waals surface area (Å²) in [6.07, 6.45) is 2.64. The Hall–Kier alpha value is -1.39. The van der Waals surface area contributed by atoms with Gasteiger partial charge in [-0.1, -0.05) is 0 Å². The maximum absolute atomic E-state index is 5.31. The lowest BCUT2D eigenvalue weighted by Crippen LogP contribution is -2.14. The zero-order chi connectivity index (χ0) is 14.1. The van der Waals surface area contributed by atoms with Crippen LogP contribution in [-0.2, 0) is 6.54 Å². The Bertz CT molecular complexity index is 617. The minimum absolute atomic E-state index is 0.739. The van der Waals surface area contributed by atoms with E-state index in [0.717, 1.165) is 34.6 Å². The molecule has 1 heterocycles. The van der Waals surface area contributed by atoms with Gasteiger partial charge >= 0.3 is 0 Å². The highest BCUT2D eigenvalue weighted by Crippen LogP contribution is 2.31. The number of nitrogens with one attached hydrogen (secondary N) is 1. The molecule has 4 heteroatoms. The number of thiazole rings is 1. The van der Waals surface area contributed by atoms with E-state index in [1.54, 1.807) is 18.4 Å². The molecule has 0 unspecified atom stereocenters. The molecule has 2 aromatic rings. The number of methoxy groups -OCH3 is 1. The van der Waals surface area contributed by atoms with E-state index in [2.05, 4.69) is 31.3 Å². The van der Waals surface area contributed by atoms with Crippen LogP contribution in [0.3, 0.4) is 0 Å². The molecule has 1 aliphatic rings. The summed E-state index contributed by atoms with van der Waals surface area (Å²) in [6, 6.07) is 6.99. The number of rotatable bonds is 5. The SMILES string of the molecule is COc1ccc(-c2nc(C)c(CNC3CC3)s2)cc1C. The van der Waals surface area contributed by atoms with Crippen LogP contribution < -0.4 is 10.1 Å². The standard InChI is InChI=1S/C16H20N2OS/c1-10-8-12(4-7-14(10)19-3)16-18-11(2)15(20-16)9-17-13-5-6-13/h4,7-8,13,17H,5-6,9H2,1-3H3. The van der Waals surface area contributed by atoms with Gasteiger partial charge in [-0.25, -0.2) is 4.98 Å². The van der Waals surface area contributed by atoms with E-state index < -0.39 is 0 Å². The molecule has 0 atom stereocenters. The summed E-state index contributed by atoms with van der Waals surface area (Å²) in [7, 11) is 1.71. The Kier molecular flexibility index (Phi) is 3.76. The lowest BCUT2D eigenvalue weighted by molar-refractivity contribution is 0.412. The third-order valence-corrected chi connectivity index (χ3v) is 4.87. The maximum atomic E-state index is 5.31. The molecule has 0 amide bonds. The van der Waals surface area contributed by atoms with Crippen LogP contribution in [0.1, 0.15) is 29.0 Å². The molecular formula is C16H20N2OS. The second kappa shape index (κ2) is 5.54. The molecule has 1 aliphatic carbocycles. The number of hydrogen-bond donors (Lipinski definition) is 1. The smallest absolute Gasteiger partial charge is 0.123 e. The number of aromatic nitrogens is 1. The minimum atomic E-state index is 0.739. The lowest BCUT2D eigenvalue weighted by atomic mass is 10.1. The fourth-order valence-electron chi connectivity index (χ4n) is 2.25. The van der Waals surface area contributed by atoms with Crippen molar-refractivity contribution in [2.24, 2.45) is 0 Å². The van der Waals surface area contributed by atoms with Crippen molar-refractivity contribution < 1.29 is 4.74 Å². The molecule has 0 radical (unpaired) electrons. The van der Waals surface area contributed by atoms with Crippen LogP contribution in [0.5, 0.6) is 5.75 Å². The average Bonchev–Trinajstić information content (AvgIpc) is 3.19. The van der Waals surface area contributed by atoms with E-state index in [4.69, 9.17) is 9.72 Å². The second-order valence-corrected chi connectivity index (χ2v) is 6.45. The van der Waals surface area contributed by atoms with Gasteiger partial charge in [0.25, 0.3) is 0 Å². The van der Waals surface area contributed by atoms with E-state index in [9.17, 15) is 0 Å². The van der Waals surface area contributed by atoms with Crippen LogP contribution in [0.2, 0.25) is 0 Å². The van der Waals surface area contributed by atoms with Crippen molar-refractivity contribution in [2.45, 2.75) is 39.3 Å². The van der Waals surface area contributed by atoms with Gasteiger partial charge in [-0.15, -0.1) is 11.3 Å². The number of benzene rings is 1. The van der Waals surface area contributed by atoms with E-state index in [1.807, 2.05) is 6.07 Å². The third-order valence-electron chi connectivity index (χ3n) is 3.66. The van der Waals surface area contributed by atoms with Gasteiger partial charge in [0.15, 0.2) is 0 Å². The summed E-state index contributed by atoms with van der Waals surface area (Å²) < 4.78 is 5.31. The molecule has 3 rings (SSSR count). The number of hydrogen-bond acceptors (Lipinski definition) is 4. The first-order chi connectivity index (χ1) is 9.67. The topological polar surface area (TPSA) is 34.1 Å². The zero-order valence-electron chi connectivity index (χ0n) is 12.2. The van der Waals surface area contributed by atoms with Crippen molar-refractivity contribution >= 4 is 11.3 Å². The molecule has 106 valence electrons. The Morgan fingerprint density at radius 2 is 2.15 bits per heavy atom. The highest BCUT2D eigenvalue weighted by molar-refractivity contribution is 7.15. The quantitative estimate of drug-likeness (QED) is 0.911. The number of ether oxygens (including phenoxy) is 1. The molecule has 0 spiro atoms. The first kappa shape index (κ1) is 13.6. The number of aryl methyl sites for hydroxylation is 2. The van der Waals surface area contributed by atoms with Gasteiger partial charge in [0.1, 0.15) is 10.8 Å². The summed E-state index contributed by atoms with van der Waals surface area (Å²) in [5.74, 6) is 0.928. The van der Waals surface area contributed by atoms with Gasteiger partial charge in [0, 0.05) is 23.0 Å². The molecule has 0 saturated heterocycles. The fourth-order valence-corrected chi connectivity index (χ4v) is 3.26. The Balaban J connectivity index is 1.82. The van der Waals surface area contributed by atoms with Crippen molar-refractivity contribution in [1.29, 1.82) is 0 Å². The predicted octanol–water partition coefficient (Wildman–Crippen LogP) is 3.69.